The summed E-state index contributed by atoms with van der Waals surface area (Å²) in [4.78, 5) is 0. The van der Waals surface area contributed by atoms with Crippen LogP contribution in [0.3, 0.4) is 0 Å². The molecule has 0 saturated carbocycles. The van der Waals surface area contributed by atoms with Gasteiger partial charge in [0.15, 0.2) is 0 Å². The molecule has 0 aromatic rings. The Labute approximate surface area is 64.3 Å². The average Bonchev–Trinajstić information content (AvgIpc) is 0.811. The van der Waals surface area contributed by atoms with Crippen molar-refractivity contribution < 1.29 is 29.6 Å². The SMILES string of the molecule is C=C([S-])Cl.[Na+]. The van der Waals surface area contributed by atoms with Crippen LogP contribution in [0, 0.1) is 0 Å². The molecule has 0 nitrogen and oxygen atoms in total. The normalized spacial score (nSPS) is 5.00. The van der Waals surface area contributed by atoms with E-state index in [1.807, 2.05) is 0 Å². The van der Waals surface area contributed by atoms with E-state index in [0.717, 1.165) is 0 Å². The van der Waals surface area contributed by atoms with E-state index < -0.39 is 0 Å². The van der Waals surface area contributed by atoms with Crippen molar-refractivity contribution in [2.75, 3.05) is 0 Å². The van der Waals surface area contributed by atoms with E-state index in [-0.39, 0.29) is 33.9 Å². The Balaban J connectivity index is 0. The summed E-state index contributed by atoms with van der Waals surface area (Å²) in [5.74, 6) is 0. The van der Waals surface area contributed by atoms with Crippen LogP contribution in [0.4, 0.5) is 0 Å². The second-order valence-corrected chi connectivity index (χ2v) is 1.53. The summed E-state index contributed by atoms with van der Waals surface area (Å²) in [5.41, 5.74) is 0. The van der Waals surface area contributed by atoms with Crippen LogP contribution in [0.2, 0.25) is 0 Å². The Hall–Kier alpha value is 1.25. The molecule has 0 aromatic heterocycles. The van der Waals surface area contributed by atoms with Gasteiger partial charge in [0, 0.05) is 0 Å². The predicted molar refractivity (Wildman–Crippen MR) is 22.4 cm³/mol. The second-order valence-electron chi connectivity index (χ2n) is 0.355. The Morgan fingerprint density at radius 3 is 1.80 bits per heavy atom. The van der Waals surface area contributed by atoms with Gasteiger partial charge in [-0.25, -0.2) is 0 Å². The van der Waals surface area contributed by atoms with Crippen molar-refractivity contribution in [1.29, 1.82) is 0 Å². The van der Waals surface area contributed by atoms with Crippen molar-refractivity contribution >= 4 is 24.2 Å². The maximum absolute atomic E-state index is 4.90. The molecule has 3 heteroatoms. The molecular formula is C2H2ClNaS. The smallest absolute Gasteiger partial charge is 0.768 e. The standard InChI is InChI=1S/C2H3ClS.Na/c1-2(3)4;/h4H,1H2;/q;+1/p-1. The maximum Gasteiger partial charge on any atom is 1.00 e. The van der Waals surface area contributed by atoms with Crippen molar-refractivity contribution in [1.82, 2.24) is 0 Å². The van der Waals surface area contributed by atoms with Gasteiger partial charge in [0.2, 0.25) is 0 Å². The quantitative estimate of drug-likeness (QED) is 0.267. The summed E-state index contributed by atoms with van der Waals surface area (Å²) in [7, 11) is 0. The molecule has 24 valence electrons. The summed E-state index contributed by atoms with van der Waals surface area (Å²) < 4.78 is 0.222. The van der Waals surface area contributed by atoms with E-state index in [9.17, 15) is 0 Å². The van der Waals surface area contributed by atoms with E-state index in [1.165, 1.54) is 0 Å². The van der Waals surface area contributed by atoms with Crippen LogP contribution in [0.1, 0.15) is 0 Å². The monoisotopic (exact) mass is 116 g/mol. The van der Waals surface area contributed by atoms with Gasteiger partial charge in [-0.2, -0.15) is 0 Å². The van der Waals surface area contributed by atoms with Gasteiger partial charge in [0.25, 0.3) is 0 Å². The minimum Gasteiger partial charge on any atom is -0.768 e. The predicted octanol–water partition coefficient (Wildman–Crippen LogP) is -1.75. The minimum atomic E-state index is 0. The fraction of sp³-hybridized carbons (Fsp3) is 0. The fourth-order valence-electron chi connectivity index (χ4n) is 0. The van der Waals surface area contributed by atoms with Gasteiger partial charge < -0.3 is 12.6 Å². The molecule has 0 aliphatic rings. The molecule has 0 bridgehead atoms. The summed E-state index contributed by atoms with van der Waals surface area (Å²) in [5, 5.41) is 0. The number of rotatable bonds is 0. The van der Waals surface area contributed by atoms with Gasteiger partial charge in [0.05, 0.1) is 0 Å². The van der Waals surface area contributed by atoms with Crippen molar-refractivity contribution in [2.24, 2.45) is 0 Å². The van der Waals surface area contributed by atoms with Gasteiger partial charge in [-0.05, 0) is 0 Å². The van der Waals surface area contributed by atoms with E-state index in [2.05, 4.69) is 19.2 Å². The fourth-order valence-corrected chi connectivity index (χ4v) is 0. The van der Waals surface area contributed by atoms with Crippen molar-refractivity contribution in [3.8, 4) is 0 Å². The van der Waals surface area contributed by atoms with Gasteiger partial charge in [-0.15, -0.1) is 22.5 Å². The molecule has 0 aromatic carbocycles. The van der Waals surface area contributed by atoms with Gasteiger partial charge in [-0.1, -0.05) is 0 Å². The summed E-state index contributed by atoms with van der Waals surface area (Å²) in [6.07, 6.45) is 0. The third kappa shape index (κ3) is 35.5. The first-order valence-electron chi connectivity index (χ1n) is 0.747. The Bertz CT molecular complexity index is 32.6. The molecule has 0 fully saturated rings. The van der Waals surface area contributed by atoms with Gasteiger partial charge >= 0.3 is 29.6 Å². The summed E-state index contributed by atoms with van der Waals surface area (Å²) in [6, 6.07) is 0. The number of hydrogen-bond acceptors (Lipinski definition) is 1. The average molecular weight is 117 g/mol. The molecule has 0 aliphatic carbocycles. The topological polar surface area (TPSA) is 0 Å². The van der Waals surface area contributed by atoms with Crippen LogP contribution in [-0.4, -0.2) is 0 Å². The molecule has 0 atom stereocenters. The van der Waals surface area contributed by atoms with Crippen molar-refractivity contribution in [2.45, 2.75) is 0 Å². The first-order valence-corrected chi connectivity index (χ1v) is 1.53. The molecule has 0 spiro atoms. The third-order valence-corrected chi connectivity index (χ3v) is 0. The number of halogens is 1. The van der Waals surface area contributed by atoms with E-state index >= 15 is 0 Å². The number of hydrogen-bond donors (Lipinski definition) is 0. The van der Waals surface area contributed by atoms with Crippen LogP contribution < -0.4 is 29.6 Å². The molecular weight excluding hydrogens is 115 g/mol. The van der Waals surface area contributed by atoms with Gasteiger partial charge in [-0.3, -0.25) is 0 Å². The van der Waals surface area contributed by atoms with E-state index in [4.69, 9.17) is 11.6 Å². The minimum absolute atomic E-state index is 0. The van der Waals surface area contributed by atoms with Crippen LogP contribution >= 0.6 is 11.6 Å². The van der Waals surface area contributed by atoms with Crippen LogP contribution in [0.25, 0.3) is 0 Å². The van der Waals surface area contributed by atoms with Crippen LogP contribution in [0.5, 0.6) is 0 Å². The van der Waals surface area contributed by atoms with E-state index in [1.54, 1.807) is 0 Å². The largest absolute Gasteiger partial charge is 1.00 e. The zero-order valence-corrected chi connectivity index (χ0v) is 6.57. The maximum atomic E-state index is 4.90. The summed E-state index contributed by atoms with van der Waals surface area (Å²) >= 11 is 9.09. The van der Waals surface area contributed by atoms with Crippen LogP contribution in [-0.2, 0) is 12.6 Å². The molecule has 0 heterocycles. The Kier molecular flexibility index (Phi) is 10.0. The first-order chi connectivity index (χ1) is 1.73. The zero-order chi connectivity index (χ0) is 3.58. The third-order valence-electron chi connectivity index (χ3n) is 0. The first kappa shape index (κ1) is 9.54. The van der Waals surface area contributed by atoms with Crippen LogP contribution in [0.15, 0.2) is 10.9 Å². The van der Waals surface area contributed by atoms with Crippen molar-refractivity contribution in [3.05, 3.63) is 10.9 Å². The molecule has 0 rings (SSSR count). The summed E-state index contributed by atoms with van der Waals surface area (Å²) in [6.45, 7) is 3.14. The Morgan fingerprint density at radius 1 is 1.80 bits per heavy atom. The molecule has 0 aliphatic heterocycles. The van der Waals surface area contributed by atoms with E-state index in [0.29, 0.717) is 0 Å². The Morgan fingerprint density at radius 2 is 1.80 bits per heavy atom. The van der Waals surface area contributed by atoms with Crippen molar-refractivity contribution in [3.63, 3.8) is 0 Å². The molecule has 5 heavy (non-hydrogen) atoms. The zero-order valence-electron chi connectivity index (χ0n) is 2.99. The van der Waals surface area contributed by atoms with Gasteiger partial charge in [0.1, 0.15) is 0 Å². The second kappa shape index (κ2) is 5.25. The molecule has 0 N–H and O–H groups in total. The molecule has 0 amide bonds. The molecule has 0 saturated heterocycles. The molecule has 0 radical (unpaired) electrons. The molecule has 0 unspecified atom stereocenters.